The van der Waals surface area contributed by atoms with Gasteiger partial charge in [-0.05, 0) is 96.3 Å². The number of carbonyl (C=O) groups is 3. The van der Waals surface area contributed by atoms with Gasteiger partial charge in [-0.3, -0.25) is 14.4 Å². The number of unbranched alkanes of at least 4 members (excludes halogenated alkanes) is 11. The van der Waals surface area contributed by atoms with Crippen LogP contribution in [0.4, 0.5) is 0 Å². The summed E-state index contributed by atoms with van der Waals surface area (Å²) in [5.74, 6) is -1.07. The van der Waals surface area contributed by atoms with E-state index in [9.17, 15) is 14.4 Å². The fraction of sp³-hybridized carbons (Fsp3) is 0.566. The summed E-state index contributed by atoms with van der Waals surface area (Å²) in [4.78, 5) is 37.8. The number of hydrogen-bond acceptors (Lipinski definition) is 6. The van der Waals surface area contributed by atoms with Crippen LogP contribution in [0.2, 0.25) is 0 Å². The van der Waals surface area contributed by atoms with Crippen LogP contribution in [0.15, 0.2) is 122 Å². The summed E-state index contributed by atoms with van der Waals surface area (Å²) in [6, 6.07) is 0. The monoisotopic (exact) mass is 815 g/mol. The predicted octanol–water partition coefficient (Wildman–Crippen LogP) is 15.0. The molecule has 0 spiro atoms. The number of carbonyl (C=O) groups excluding carboxylic acids is 3. The predicted molar refractivity (Wildman–Crippen MR) is 251 cm³/mol. The van der Waals surface area contributed by atoms with E-state index in [0.29, 0.717) is 19.3 Å². The van der Waals surface area contributed by atoms with E-state index >= 15 is 0 Å². The van der Waals surface area contributed by atoms with Crippen LogP contribution in [-0.2, 0) is 28.6 Å². The fourth-order valence-electron chi connectivity index (χ4n) is 5.61. The van der Waals surface area contributed by atoms with Crippen LogP contribution < -0.4 is 0 Å². The molecule has 0 bridgehead atoms. The Morgan fingerprint density at radius 3 is 1.36 bits per heavy atom. The molecule has 6 nitrogen and oxygen atoms in total. The molecule has 0 heterocycles. The lowest BCUT2D eigenvalue weighted by Crippen LogP contribution is -2.30. The zero-order valence-corrected chi connectivity index (χ0v) is 37.5. The smallest absolute Gasteiger partial charge is 0.306 e. The van der Waals surface area contributed by atoms with Crippen molar-refractivity contribution in [2.24, 2.45) is 0 Å². The Morgan fingerprint density at radius 2 is 0.780 bits per heavy atom. The van der Waals surface area contributed by atoms with Gasteiger partial charge >= 0.3 is 17.9 Å². The van der Waals surface area contributed by atoms with Crippen molar-refractivity contribution < 1.29 is 28.6 Å². The highest BCUT2D eigenvalue weighted by Gasteiger charge is 2.19. The van der Waals surface area contributed by atoms with Crippen LogP contribution in [0.3, 0.4) is 0 Å². The van der Waals surface area contributed by atoms with E-state index in [1.807, 2.05) is 48.6 Å². The largest absolute Gasteiger partial charge is 0.462 e. The van der Waals surface area contributed by atoms with Gasteiger partial charge in [0.25, 0.3) is 0 Å². The van der Waals surface area contributed by atoms with Gasteiger partial charge in [-0.1, -0.05) is 181 Å². The third-order valence-corrected chi connectivity index (χ3v) is 9.04. The van der Waals surface area contributed by atoms with Crippen molar-refractivity contribution in [3.63, 3.8) is 0 Å². The van der Waals surface area contributed by atoms with Gasteiger partial charge in [-0.25, -0.2) is 0 Å². The van der Waals surface area contributed by atoms with Gasteiger partial charge < -0.3 is 14.2 Å². The maximum absolute atomic E-state index is 12.7. The van der Waals surface area contributed by atoms with Crippen LogP contribution in [0, 0.1) is 0 Å². The Hall–Kier alpha value is -4.19. The van der Waals surface area contributed by atoms with Crippen LogP contribution in [0.1, 0.15) is 175 Å². The standard InChI is InChI=1S/C53H82O6/c1-4-7-10-13-16-19-22-25-26-27-29-31-34-37-40-43-46-52(55)58-49-50(48-57-51(54)45-42-39-36-33-30-24-21-18-15-12-9-6-3)59-53(56)47-44-41-38-35-32-28-23-20-17-14-11-8-5-2/h7-8,10-11,14,16-21,23,25-26,28-29,31-32,37,40,50H,4-6,9,12-13,15,22,24,27,30,33-36,38-39,41-49H2,1-3H3/b10-7-,11-8-,17-14-,19-16-,21-18-,23-20-,26-25-,31-29-,32-28-,40-37-. The lowest BCUT2D eigenvalue weighted by Gasteiger charge is -2.18. The highest BCUT2D eigenvalue weighted by atomic mass is 16.6. The van der Waals surface area contributed by atoms with Gasteiger partial charge in [0.2, 0.25) is 0 Å². The summed E-state index contributed by atoms with van der Waals surface area (Å²) in [5.41, 5.74) is 0. The minimum absolute atomic E-state index is 0.125. The van der Waals surface area contributed by atoms with E-state index in [-0.39, 0.29) is 44.0 Å². The molecule has 0 rings (SSSR count). The molecule has 0 amide bonds. The van der Waals surface area contributed by atoms with E-state index in [0.717, 1.165) is 89.9 Å². The average molecular weight is 815 g/mol. The molecular formula is C53H82O6. The molecule has 0 aliphatic rings. The summed E-state index contributed by atoms with van der Waals surface area (Å²) in [7, 11) is 0. The molecule has 1 atom stereocenters. The van der Waals surface area contributed by atoms with Crippen molar-refractivity contribution in [2.75, 3.05) is 13.2 Å². The van der Waals surface area contributed by atoms with E-state index in [2.05, 4.69) is 93.7 Å². The molecule has 0 fully saturated rings. The van der Waals surface area contributed by atoms with E-state index in [1.165, 1.54) is 32.1 Å². The molecule has 0 saturated carbocycles. The Kier molecular flexibility index (Phi) is 43.2. The minimum atomic E-state index is -0.833. The van der Waals surface area contributed by atoms with Gasteiger partial charge in [0.1, 0.15) is 13.2 Å². The summed E-state index contributed by atoms with van der Waals surface area (Å²) in [6.07, 6.45) is 63.3. The Labute approximate surface area is 361 Å². The lowest BCUT2D eigenvalue weighted by atomic mass is 10.1. The SMILES string of the molecule is CC\C=C/C=C\C=C/C=C\CCCCCC(=O)OC(COC(=O)CC/C=C\C/C=C\C/C=C\C/C=C\C/C=C\CC)COC(=O)CCCCCCC/C=C\CCCCC. The number of rotatable bonds is 39. The van der Waals surface area contributed by atoms with E-state index in [4.69, 9.17) is 14.2 Å². The average Bonchev–Trinajstić information content (AvgIpc) is 3.23. The molecule has 0 saturated heterocycles. The van der Waals surface area contributed by atoms with Gasteiger partial charge in [0, 0.05) is 19.3 Å². The highest BCUT2D eigenvalue weighted by Crippen LogP contribution is 2.11. The highest BCUT2D eigenvalue weighted by molar-refractivity contribution is 5.71. The summed E-state index contributed by atoms with van der Waals surface area (Å²) < 4.78 is 16.6. The molecule has 6 heteroatoms. The Balaban J connectivity index is 4.60. The van der Waals surface area contributed by atoms with Crippen molar-refractivity contribution in [1.29, 1.82) is 0 Å². The minimum Gasteiger partial charge on any atom is -0.462 e. The summed E-state index contributed by atoms with van der Waals surface area (Å²) in [5, 5.41) is 0. The molecule has 0 aromatic heterocycles. The third-order valence-electron chi connectivity index (χ3n) is 9.04. The topological polar surface area (TPSA) is 78.9 Å². The normalized spacial score (nSPS) is 13.2. The molecule has 330 valence electrons. The summed E-state index contributed by atoms with van der Waals surface area (Å²) in [6.45, 7) is 6.21. The molecule has 0 aliphatic carbocycles. The molecule has 1 unspecified atom stereocenters. The van der Waals surface area contributed by atoms with Crippen LogP contribution in [-0.4, -0.2) is 37.2 Å². The molecule has 0 N–H and O–H groups in total. The van der Waals surface area contributed by atoms with Crippen LogP contribution >= 0.6 is 0 Å². The third kappa shape index (κ3) is 44.8. The number of allylic oxidation sites excluding steroid dienone is 20. The maximum Gasteiger partial charge on any atom is 0.306 e. The lowest BCUT2D eigenvalue weighted by molar-refractivity contribution is -0.166. The molecule has 0 aliphatic heterocycles. The first kappa shape index (κ1) is 54.8. The summed E-state index contributed by atoms with van der Waals surface area (Å²) >= 11 is 0. The molecular weight excluding hydrogens is 733 g/mol. The number of ether oxygens (including phenoxy) is 3. The van der Waals surface area contributed by atoms with E-state index < -0.39 is 6.10 Å². The van der Waals surface area contributed by atoms with Gasteiger partial charge in [-0.15, -0.1) is 0 Å². The second kappa shape index (κ2) is 46.5. The number of hydrogen-bond donors (Lipinski definition) is 0. The zero-order chi connectivity index (χ0) is 43.0. The van der Waals surface area contributed by atoms with Crippen molar-refractivity contribution >= 4 is 17.9 Å². The van der Waals surface area contributed by atoms with Crippen molar-refractivity contribution in [1.82, 2.24) is 0 Å². The second-order valence-corrected chi connectivity index (χ2v) is 14.6. The molecule has 59 heavy (non-hydrogen) atoms. The first-order valence-corrected chi connectivity index (χ1v) is 23.1. The van der Waals surface area contributed by atoms with Gasteiger partial charge in [-0.2, -0.15) is 0 Å². The van der Waals surface area contributed by atoms with Crippen LogP contribution in [0.5, 0.6) is 0 Å². The van der Waals surface area contributed by atoms with Gasteiger partial charge in [0.05, 0.1) is 0 Å². The van der Waals surface area contributed by atoms with Gasteiger partial charge in [0.15, 0.2) is 6.10 Å². The van der Waals surface area contributed by atoms with Crippen molar-refractivity contribution in [3.8, 4) is 0 Å². The molecule has 0 radical (unpaired) electrons. The maximum atomic E-state index is 12.7. The first-order valence-electron chi connectivity index (χ1n) is 23.1. The Bertz CT molecular complexity index is 1300. The first-order chi connectivity index (χ1) is 29.0. The second-order valence-electron chi connectivity index (χ2n) is 14.6. The molecule has 0 aromatic carbocycles. The quantitative estimate of drug-likeness (QED) is 0.0202. The van der Waals surface area contributed by atoms with Crippen LogP contribution in [0.25, 0.3) is 0 Å². The van der Waals surface area contributed by atoms with Crippen molar-refractivity contribution in [3.05, 3.63) is 122 Å². The van der Waals surface area contributed by atoms with Crippen molar-refractivity contribution in [2.45, 2.75) is 181 Å². The van der Waals surface area contributed by atoms with E-state index in [1.54, 1.807) is 0 Å². The zero-order valence-electron chi connectivity index (χ0n) is 37.5. The number of esters is 3. The fourth-order valence-corrected chi connectivity index (χ4v) is 5.61. The molecule has 0 aromatic rings. The Morgan fingerprint density at radius 1 is 0.373 bits per heavy atom.